The highest BCUT2D eigenvalue weighted by Gasteiger charge is 2.40. The lowest BCUT2D eigenvalue weighted by molar-refractivity contribution is -0.131. The van der Waals surface area contributed by atoms with E-state index in [-0.39, 0.29) is 29.6 Å². The van der Waals surface area contributed by atoms with Crippen LogP contribution in [0.25, 0.3) is 0 Å². The molecule has 29 heavy (non-hydrogen) atoms. The number of carbonyl (C=O) groups excluding carboxylic acids is 2. The number of nitrogens with zero attached hydrogens (tertiary/aromatic N) is 2. The van der Waals surface area contributed by atoms with Crippen molar-refractivity contribution in [2.75, 3.05) is 20.2 Å². The Bertz CT molecular complexity index is 838. The van der Waals surface area contributed by atoms with Gasteiger partial charge in [0.2, 0.25) is 11.8 Å². The van der Waals surface area contributed by atoms with Crippen LogP contribution in [0.1, 0.15) is 37.3 Å². The molecule has 2 unspecified atom stereocenters. The maximum absolute atomic E-state index is 13.1. The van der Waals surface area contributed by atoms with E-state index < -0.39 is 0 Å². The number of ether oxygens (including phenoxy) is 1. The fourth-order valence-electron chi connectivity index (χ4n) is 3.78. The predicted molar refractivity (Wildman–Crippen MR) is 111 cm³/mol. The first kappa shape index (κ1) is 20.8. The standard InChI is InChI=1S/C23H29N3O3/c1-16(2)11-22(27)26-14-20(18-5-4-6-19(12-18)29-3)21(15-26)23(28)25-13-17-7-9-24-10-8-17/h4-10,12,16,20-21H,11,13-15H2,1-3H3,(H,25,28). The number of amides is 2. The molecule has 2 atom stereocenters. The van der Waals surface area contributed by atoms with Crippen LogP contribution in [0.15, 0.2) is 48.8 Å². The molecule has 0 saturated carbocycles. The molecule has 0 radical (unpaired) electrons. The van der Waals surface area contributed by atoms with Gasteiger partial charge in [-0.15, -0.1) is 0 Å². The van der Waals surface area contributed by atoms with E-state index >= 15 is 0 Å². The quantitative estimate of drug-likeness (QED) is 0.782. The minimum atomic E-state index is -0.292. The van der Waals surface area contributed by atoms with Crippen molar-refractivity contribution < 1.29 is 14.3 Å². The Morgan fingerprint density at radius 3 is 2.66 bits per heavy atom. The number of nitrogens with one attached hydrogen (secondary N) is 1. The Kier molecular flexibility index (Phi) is 6.86. The topological polar surface area (TPSA) is 71.5 Å². The van der Waals surface area contributed by atoms with Gasteiger partial charge in [0.05, 0.1) is 13.0 Å². The number of methoxy groups -OCH3 is 1. The Hall–Kier alpha value is -2.89. The van der Waals surface area contributed by atoms with Crippen molar-refractivity contribution in [3.05, 3.63) is 59.9 Å². The number of carbonyl (C=O) groups is 2. The van der Waals surface area contributed by atoms with E-state index in [0.29, 0.717) is 26.1 Å². The number of aromatic nitrogens is 1. The third-order valence-electron chi connectivity index (χ3n) is 5.33. The molecule has 6 heteroatoms. The summed E-state index contributed by atoms with van der Waals surface area (Å²) in [6.45, 7) is 5.50. The molecular weight excluding hydrogens is 366 g/mol. The van der Waals surface area contributed by atoms with Crippen LogP contribution in [0, 0.1) is 11.8 Å². The predicted octanol–water partition coefficient (Wildman–Crippen LogP) is 2.99. The zero-order chi connectivity index (χ0) is 20.8. The fraction of sp³-hybridized carbons (Fsp3) is 0.435. The molecule has 2 aromatic rings. The van der Waals surface area contributed by atoms with Crippen molar-refractivity contribution in [1.82, 2.24) is 15.2 Å². The molecule has 1 aliphatic heterocycles. The molecule has 1 fully saturated rings. The summed E-state index contributed by atoms with van der Waals surface area (Å²) in [6.07, 6.45) is 3.92. The Morgan fingerprint density at radius 1 is 1.21 bits per heavy atom. The second kappa shape index (κ2) is 9.54. The highest BCUT2D eigenvalue weighted by Crippen LogP contribution is 2.35. The summed E-state index contributed by atoms with van der Waals surface area (Å²) in [5.74, 6) is 0.772. The van der Waals surface area contributed by atoms with Gasteiger partial charge < -0.3 is 15.0 Å². The van der Waals surface area contributed by atoms with Crippen molar-refractivity contribution in [3.8, 4) is 5.75 Å². The monoisotopic (exact) mass is 395 g/mol. The van der Waals surface area contributed by atoms with Crippen molar-refractivity contribution in [2.45, 2.75) is 32.7 Å². The number of hydrogen-bond donors (Lipinski definition) is 1. The molecular formula is C23H29N3O3. The minimum absolute atomic E-state index is 0.0329. The Morgan fingerprint density at radius 2 is 1.97 bits per heavy atom. The van der Waals surface area contributed by atoms with Crippen molar-refractivity contribution in [2.24, 2.45) is 11.8 Å². The van der Waals surface area contributed by atoms with E-state index in [1.54, 1.807) is 19.5 Å². The molecule has 1 saturated heterocycles. The van der Waals surface area contributed by atoms with E-state index in [2.05, 4.69) is 10.3 Å². The molecule has 1 aliphatic rings. The second-order valence-corrected chi connectivity index (χ2v) is 7.96. The van der Waals surface area contributed by atoms with E-state index in [1.807, 2.05) is 55.1 Å². The lowest BCUT2D eigenvalue weighted by Gasteiger charge is -2.18. The summed E-state index contributed by atoms with van der Waals surface area (Å²) >= 11 is 0. The number of benzene rings is 1. The van der Waals surface area contributed by atoms with Crippen LogP contribution in [0.3, 0.4) is 0 Å². The van der Waals surface area contributed by atoms with Gasteiger partial charge in [-0.3, -0.25) is 14.6 Å². The molecule has 0 spiro atoms. The average molecular weight is 396 g/mol. The molecule has 1 aromatic heterocycles. The van der Waals surface area contributed by atoms with Crippen LogP contribution >= 0.6 is 0 Å². The largest absolute Gasteiger partial charge is 0.497 e. The van der Waals surface area contributed by atoms with Crippen molar-refractivity contribution in [3.63, 3.8) is 0 Å². The van der Waals surface area contributed by atoms with Gasteiger partial charge in [0.15, 0.2) is 0 Å². The molecule has 2 heterocycles. The molecule has 0 bridgehead atoms. The summed E-state index contributed by atoms with van der Waals surface area (Å²) in [4.78, 5) is 31.6. The number of pyridine rings is 1. The van der Waals surface area contributed by atoms with Gasteiger partial charge in [-0.25, -0.2) is 0 Å². The van der Waals surface area contributed by atoms with Gasteiger partial charge in [-0.05, 0) is 41.3 Å². The Labute approximate surface area is 172 Å². The zero-order valence-electron chi connectivity index (χ0n) is 17.3. The maximum atomic E-state index is 13.1. The van der Waals surface area contributed by atoms with Crippen LogP contribution < -0.4 is 10.1 Å². The Balaban J connectivity index is 1.77. The molecule has 0 aliphatic carbocycles. The molecule has 3 rings (SSSR count). The fourth-order valence-corrected chi connectivity index (χ4v) is 3.78. The van der Waals surface area contributed by atoms with Crippen LogP contribution in [0.5, 0.6) is 5.75 Å². The molecule has 1 N–H and O–H groups in total. The summed E-state index contributed by atoms with van der Waals surface area (Å²) in [6, 6.07) is 11.5. The van der Waals surface area contributed by atoms with Crippen LogP contribution in [0.2, 0.25) is 0 Å². The number of hydrogen-bond acceptors (Lipinski definition) is 4. The highest BCUT2D eigenvalue weighted by atomic mass is 16.5. The molecule has 6 nitrogen and oxygen atoms in total. The third kappa shape index (κ3) is 5.34. The highest BCUT2D eigenvalue weighted by molar-refractivity contribution is 5.83. The normalized spacial score (nSPS) is 18.7. The van der Waals surface area contributed by atoms with Crippen molar-refractivity contribution in [1.29, 1.82) is 0 Å². The van der Waals surface area contributed by atoms with E-state index in [9.17, 15) is 9.59 Å². The molecule has 154 valence electrons. The second-order valence-electron chi connectivity index (χ2n) is 7.96. The molecule has 1 aromatic carbocycles. The van der Waals surface area contributed by atoms with Gasteiger partial charge in [-0.1, -0.05) is 26.0 Å². The average Bonchev–Trinajstić information content (AvgIpc) is 3.18. The first-order chi connectivity index (χ1) is 14.0. The smallest absolute Gasteiger partial charge is 0.225 e. The van der Waals surface area contributed by atoms with E-state index in [4.69, 9.17) is 4.74 Å². The zero-order valence-corrected chi connectivity index (χ0v) is 17.3. The summed E-state index contributed by atoms with van der Waals surface area (Å²) < 4.78 is 5.36. The molecule has 2 amide bonds. The first-order valence-electron chi connectivity index (χ1n) is 10.1. The summed E-state index contributed by atoms with van der Waals surface area (Å²) in [5.41, 5.74) is 2.02. The van der Waals surface area contributed by atoms with Crippen LogP contribution in [-0.4, -0.2) is 41.9 Å². The van der Waals surface area contributed by atoms with Gasteiger partial charge >= 0.3 is 0 Å². The lowest BCUT2D eigenvalue weighted by Crippen LogP contribution is -2.35. The van der Waals surface area contributed by atoms with Crippen LogP contribution in [0.4, 0.5) is 0 Å². The lowest BCUT2D eigenvalue weighted by atomic mass is 9.88. The SMILES string of the molecule is COc1cccc(C2CN(C(=O)CC(C)C)CC2C(=O)NCc2ccncc2)c1. The van der Waals surface area contributed by atoms with Gasteiger partial charge in [0, 0.05) is 44.4 Å². The summed E-state index contributed by atoms with van der Waals surface area (Å²) in [7, 11) is 1.63. The minimum Gasteiger partial charge on any atom is -0.497 e. The van der Waals surface area contributed by atoms with Crippen LogP contribution in [-0.2, 0) is 16.1 Å². The van der Waals surface area contributed by atoms with Crippen molar-refractivity contribution >= 4 is 11.8 Å². The maximum Gasteiger partial charge on any atom is 0.225 e. The summed E-state index contributed by atoms with van der Waals surface area (Å²) in [5, 5.41) is 3.03. The van der Waals surface area contributed by atoms with E-state index in [0.717, 1.165) is 16.9 Å². The van der Waals surface area contributed by atoms with Gasteiger partial charge in [-0.2, -0.15) is 0 Å². The van der Waals surface area contributed by atoms with Gasteiger partial charge in [0.25, 0.3) is 0 Å². The van der Waals surface area contributed by atoms with Gasteiger partial charge in [0.1, 0.15) is 5.75 Å². The number of likely N-dealkylation sites (tertiary alicyclic amines) is 1. The first-order valence-corrected chi connectivity index (χ1v) is 10.1. The van der Waals surface area contributed by atoms with E-state index in [1.165, 1.54) is 0 Å². The number of rotatable bonds is 7. The third-order valence-corrected chi connectivity index (χ3v) is 5.33.